The summed E-state index contributed by atoms with van der Waals surface area (Å²) < 4.78 is 10.4. The number of hydrogen-bond acceptors (Lipinski definition) is 4. The Bertz CT molecular complexity index is 396. The van der Waals surface area contributed by atoms with E-state index in [4.69, 9.17) is 26.8 Å². The zero-order chi connectivity index (χ0) is 13.7. The fourth-order valence-electron chi connectivity index (χ4n) is 1.69. The molecule has 3 N–H and O–H groups in total. The van der Waals surface area contributed by atoms with E-state index in [1.165, 1.54) is 0 Å². The van der Waals surface area contributed by atoms with Crippen LogP contribution in [0.5, 0.6) is 11.5 Å². The van der Waals surface area contributed by atoms with Crippen LogP contribution in [0.15, 0.2) is 12.1 Å². The number of ether oxygens (including phenoxy) is 2. The van der Waals surface area contributed by atoms with Crippen molar-refractivity contribution in [1.82, 2.24) is 0 Å². The van der Waals surface area contributed by atoms with E-state index < -0.39 is 6.10 Å². The van der Waals surface area contributed by atoms with E-state index >= 15 is 0 Å². The minimum absolute atomic E-state index is 0.245. The van der Waals surface area contributed by atoms with Crippen LogP contribution in [0.4, 0.5) is 0 Å². The Labute approximate surface area is 113 Å². The summed E-state index contributed by atoms with van der Waals surface area (Å²) in [7, 11) is 3.15. The maximum absolute atomic E-state index is 9.71. The molecule has 0 saturated heterocycles. The first-order valence-corrected chi connectivity index (χ1v) is 6.21. The van der Waals surface area contributed by atoms with Crippen LogP contribution in [-0.2, 0) is 6.42 Å². The summed E-state index contributed by atoms with van der Waals surface area (Å²) in [5, 5.41) is 10.2. The minimum atomic E-state index is -0.531. The molecule has 1 aromatic carbocycles. The summed E-state index contributed by atoms with van der Waals surface area (Å²) >= 11 is 6.02. The zero-order valence-corrected chi connectivity index (χ0v) is 11.7. The summed E-state index contributed by atoms with van der Waals surface area (Å²) in [5.41, 5.74) is 6.57. The maximum atomic E-state index is 9.71. The largest absolute Gasteiger partial charge is 0.496 e. The molecule has 18 heavy (non-hydrogen) atoms. The third-order valence-corrected chi connectivity index (χ3v) is 3.17. The smallest absolute Gasteiger partial charge is 0.137 e. The van der Waals surface area contributed by atoms with Gasteiger partial charge in [0.1, 0.15) is 11.5 Å². The van der Waals surface area contributed by atoms with Crippen molar-refractivity contribution in [2.45, 2.75) is 31.9 Å². The van der Waals surface area contributed by atoms with Gasteiger partial charge in [-0.15, -0.1) is 0 Å². The van der Waals surface area contributed by atoms with E-state index in [2.05, 4.69) is 0 Å². The molecular weight excluding hydrogens is 254 g/mol. The molecule has 2 unspecified atom stereocenters. The van der Waals surface area contributed by atoms with Gasteiger partial charge in [0.2, 0.25) is 0 Å². The number of rotatable bonds is 6. The van der Waals surface area contributed by atoms with Crippen LogP contribution in [0.2, 0.25) is 5.02 Å². The Morgan fingerprint density at radius 2 is 1.89 bits per heavy atom. The van der Waals surface area contributed by atoms with E-state index in [9.17, 15) is 5.11 Å². The third kappa shape index (κ3) is 3.77. The SMILES string of the molecule is COc1cc(CCC(O)C(C)N)c(OC)cc1Cl. The molecule has 0 spiro atoms. The number of halogens is 1. The Morgan fingerprint density at radius 3 is 2.39 bits per heavy atom. The summed E-state index contributed by atoms with van der Waals surface area (Å²) in [4.78, 5) is 0. The van der Waals surface area contributed by atoms with Crippen molar-refractivity contribution >= 4 is 11.6 Å². The normalized spacial score (nSPS) is 14.1. The van der Waals surface area contributed by atoms with Crippen molar-refractivity contribution in [3.8, 4) is 11.5 Å². The molecule has 1 aromatic rings. The molecule has 0 bridgehead atoms. The average Bonchev–Trinajstić information content (AvgIpc) is 2.36. The first-order valence-electron chi connectivity index (χ1n) is 5.83. The number of aliphatic hydroxyl groups excluding tert-OH is 1. The Balaban J connectivity index is 2.86. The maximum Gasteiger partial charge on any atom is 0.137 e. The molecular formula is C13H20ClNO3. The Hall–Kier alpha value is -0.970. The van der Waals surface area contributed by atoms with Gasteiger partial charge in [0.25, 0.3) is 0 Å². The molecule has 0 heterocycles. The van der Waals surface area contributed by atoms with Crippen molar-refractivity contribution < 1.29 is 14.6 Å². The summed E-state index contributed by atoms with van der Waals surface area (Å²) in [6.07, 6.45) is 0.689. The van der Waals surface area contributed by atoms with Crippen molar-refractivity contribution in [3.63, 3.8) is 0 Å². The lowest BCUT2D eigenvalue weighted by atomic mass is 10.0. The summed E-state index contributed by atoms with van der Waals surface area (Å²) in [6.45, 7) is 1.78. The minimum Gasteiger partial charge on any atom is -0.496 e. The third-order valence-electron chi connectivity index (χ3n) is 2.87. The quantitative estimate of drug-likeness (QED) is 0.832. The summed E-state index contributed by atoms with van der Waals surface area (Å²) in [5.74, 6) is 1.29. The van der Waals surface area contributed by atoms with Crippen molar-refractivity contribution in [2.24, 2.45) is 5.73 Å². The van der Waals surface area contributed by atoms with Crippen LogP contribution >= 0.6 is 11.6 Å². The fraction of sp³-hybridized carbons (Fsp3) is 0.538. The lowest BCUT2D eigenvalue weighted by Crippen LogP contribution is -2.31. The van der Waals surface area contributed by atoms with E-state index in [1.54, 1.807) is 27.2 Å². The van der Waals surface area contributed by atoms with Crippen molar-refractivity contribution in [2.75, 3.05) is 14.2 Å². The fourth-order valence-corrected chi connectivity index (χ4v) is 1.92. The van der Waals surface area contributed by atoms with Gasteiger partial charge in [-0.3, -0.25) is 0 Å². The van der Waals surface area contributed by atoms with Gasteiger partial charge in [-0.1, -0.05) is 11.6 Å². The van der Waals surface area contributed by atoms with Crippen molar-refractivity contribution in [1.29, 1.82) is 0 Å². The molecule has 0 aliphatic carbocycles. The molecule has 0 aliphatic rings. The standard InChI is InChI=1S/C13H20ClNO3/c1-8(15)11(16)5-4-9-6-13(18-3)10(14)7-12(9)17-2/h6-8,11,16H,4-5,15H2,1-3H3. The second-order valence-corrected chi connectivity index (χ2v) is 4.67. The van der Waals surface area contributed by atoms with E-state index in [0.29, 0.717) is 29.4 Å². The van der Waals surface area contributed by atoms with E-state index in [1.807, 2.05) is 6.07 Å². The van der Waals surface area contributed by atoms with E-state index in [0.717, 1.165) is 5.56 Å². The molecule has 102 valence electrons. The second kappa shape index (κ2) is 6.83. The first-order chi connectivity index (χ1) is 8.49. The summed E-state index contributed by atoms with van der Waals surface area (Å²) in [6, 6.07) is 3.30. The molecule has 0 radical (unpaired) electrons. The van der Waals surface area contributed by atoms with E-state index in [-0.39, 0.29) is 6.04 Å². The van der Waals surface area contributed by atoms with Gasteiger partial charge < -0.3 is 20.3 Å². The average molecular weight is 274 g/mol. The highest BCUT2D eigenvalue weighted by atomic mass is 35.5. The molecule has 0 aliphatic heterocycles. The number of benzene rings is 1. The van der Waals surface area contributed by atoms with Crippen LogP contribution in [0, 0.1) is 0 Å². The first kappa shape index (κ1) is 15.1. The molecule has 0 fully saturated rings. The van der Waals surface area contributed by atoms with Gasteiger partial charge in [-0.25, -0.2) is 0 Å². The molecule has 1 rings (SSSR count). The van der Waals surface area contributed by atoms with Gasteiger partial charge in [0.05, 0.1) is 25.3 Å². The topological polar surface area (TPSA) is 64.7 Å². The number of aryl methyl sites for hydroxylation is 1. The predicted molar refractivity (Wildman–Crippen MR) is 72.5 cm³/mol. The van der Waals surface area contributed by atoms with Gasteiger partial charge in [-0.2, -0.15) is 0 Å². The van der Waals surface area contributed by atoms with Crippen LogP contribution < -0.4 is 15.2 Å². The highest BCUT2D eigenvalue weighted by molar-refractivity contribution is 6.32. The molecule has 0 aromatic heterocycles. The molecule has 0 saturated carbocycles. The number of aliphatic hydroxyl groups is 1. The predicted octanol–water partition coefficient (Wildman–Crippen LogP) is 2.00. The monoisotopic (exact) mass is 273 g/mol. The molecule has 0 amide bonds. The number of nitrogens with two attached hydrogens (primary N) is 1. The van der Waals surface area contributed by atoms with Crippen LogP contribution in [0.25, 0.3) is 0 Å². The highest BCUT2D eigenvalue weighted by Gasteiger charge is 2.14. The number of methoxy groups -OCH3 is 2. The zero-order valence-electron chi connectivity index (χ0n) is 10.9. The number of hydrogen-bond donors (Lipinski definition) is 2. The lowest BCUT2D eigenvalue weighted by molar-refractivity contribution is 0.141. The lowest BCUT2D eigenvalue weighted by Gasteiger charge is -2.16. The molecule has 4 nitrogen and oxygen atoms in total. The molecule has 2 atom stereocenters. The highest BCUT2D eigenvalue weighted by Crippen LogP contribution is 2.33. The van der Waals surface area contributed by atoms with Crippen LogP contribution in [0.3, 0.4) is 0 Å². The van der Waals surface area contributed by atoms with Crippen molar-refractivity contribution in [3.05, 3.63) is 22.7 Å². The van der Waals surface area contributed by atoms with Gasteiger partial charge >= 0.3 is 0 Å². The van der Waals surface area contributed by atoms with Gasteiger partial charge in [-0.05, 0) is 31.4 Å². The van der Waals surface area contributed by atoms with Crippen LogP contribution in [0.1, 0.15) is 18.9 Å². The van der Waals surface area contributed by atoms with Crippen LogP contribution in [-0.4, -0.2) is 31.5 Å². The molecule has 5 heteroatoms. The Morgan fingerprint density at radius 1 is 1.28 bits per heavy atom. The Kier molecular flexibility index (Phi) is 5.72. The van der Waals surface area contributed by atoms with Gasteiger partial charge in [0, 0.05) is 12.1 Å². The van der Waals surface area contributed by atoms with Gasteiger partial charge in [0.15, 0.2) is 0 Å². The second-order valence-electron chi connectivity index (χ2n) is 4.26.